The van der Waals surface area contributed by atoms with Gasteiger partial charge in [0.1, 0.15) is 5.82 Å². The highest BCUT2D eigenvalue weighted by Crippen LogP contribution is 2.19. The summed E-state index contributed by atoms with van der Waals surface area (Å²) in [4.78, 5) is 0. The van der Waals surface area contributed by atoms with Gasteiger partial charge >= 0.3 is 0 Å². The molecule has 0 unspecified atom stereocenters. The van der Waals surface area contributed by atoms with Crippen molar-refractivity contribution in [3.05, 3.63) is 29.1 Å². The van der Waals surface area contributed by atoms with Crippen LogP contribution in [0.2, 0.25) is 0 Å². The molecule has 2 N–H and O–H groups in total. The second-order valence-electron chi connectivity index (χ2n) is 2.86. The van der Waals surface area contributed by atoms with Crippen molar-refractivity contribution >= 4 is 5.69 Å². The molecule has 0 heterocycles. The molecule has 0 spiro atoms. The summed E-state index contributed by atoms with van der Waals surface area (Å²) in [5.41, 5.74) is 7.76. The predicted octanol–water partition coefficient (Wildman–Crippen LogP) is 2.53. The molecule has 0 aliphatic rings. The fraction of sp³-hybridized carbons (Fsp3) is 0.400. The number of aryl methyl sites for hydroxylation is 2. The third-order valence-electron chi connectivity index (χ3n) is 2.06. The number of nitrogens with two attached hydrogens (primary N) is 1. The van der Waals surface area contributed by atoms with Gasteiger partial charge in [0, 0.05) is 0 Å². The van der Waals surface area contributed by atoms with Crippen LogP contribution in [0.1, 0.15) is 25.0 Å². The van der Waals surface area contributed by atoms with Gasteiger partial charge in [0.05, 0.1) is 5.69 Å². The Morgan fingerprint density at radius 2 is 1.92 bits per heavy atom. The van der Waals surface area contributed by atoms with Crippen LogP contribution in [-0.4, -0.2) is 0 Å². The summed E-state index contributed by atoms with van der Waals surface area (Å²) in [6.45, 7) is 3.98. The molecule has 2 heteroatoms. The van der Waals surface area contributed by atoms with E-state index in [1.165, 1.54) is 6.07 Å². The minimum Gasteiger partial charge on any atom is -0.396 e. The number of benzene rings is 1. The van der Waals surface area contributed by atoms with Gasteiger partial charge in [0.2, 0.25) is 0 Å². The number of anilines is 1. The topological polar surface area (TPSA) is 26.0 Å². The summed E-state index contributed by atoms with van der Waals surface area (Å²) in [5, 5.41) is 0. The lowest BCUT2D eigenvalue weighted by atomic mass is 10.0. The zero-order valence-electron chi connectivity index (χ0n) is 7.52. The summed E-state index contributed by atoms with van der Waals surface area (Å²) in [6, 6.07) is 3.48. The zero-order valence-corrected chi connectivity index (χ0v) is 7.52. The van der Waals surface area contributed by atoms with Gasteiger partial charge in [-0.3, -0.25) is 0 Å². The average molecular weight is 167 g/mol. The van der Waals surface area contributed by atoms with E-state index in [9.17, 15) is 4.39 Å². The van der Waals surface area contributed by atoms with Gasteiger partial charge in [-0.1, -0.05) is 19.9 Å². The van der Waals surface area contributed by atoms with Crippen LogP contribution in [0.4, 0.5) is 10.1 Å². The van der Waals surface area contributed by atoms with Crippen molar-refractivity contribution in [2.24, 2.45) is 0 Å². The highest BCUT2D eigenvalue weighted by Gasteiger charge is 2.04. The Balaban J connectivity index is 3.19. The lowest BCUT2D eigenvalue weighted by Crippen LogP contribution is -1.98. The van der Waals surface area contributed by atoms with E-state index in [0.29, 0.717) is 5.69 Å². The molecule has 0 radical (unpaired) electrons. The normalized spacial score (nSPS) is 10.2. The van der Waals surface area contributed by atoms with Crippen molar-refractivity contribution in [2.75, 3.05) is 5.73 Å². The second kappa shape index (κ2) is 3.57. The Labute approximate surface area is 72.4 Å². The summed E-state index contributed by atoms with van der Waals surface area (Å²) in [7, 11) is 0. The number of hydrogen-bond acceptors (Lipinski definition) is 1. The highest BCUT2D eigenvalue weighted by atomic mass is 19.1. The minimum atomic E-state index is -0.286. The SMILES string of the molecule is CCc1cc(F)c(N)c(CC)c1. The Kier molecular flexibility index (Phi) is 2.69. The van der Waals surface area contributed by atoms with Gasteiger partial charge < -0.3 is 5.73 Å². The Bertz CT molecular complexity index is 281. The van der Waals surface area contributed by atoms with E-state index in [1.54, 1.807) is 0 Å². The number of rotatable bonds is 2. The smallest absolute Gasteiger partial charge is 0.146 e. The highest BCUT2D eigenvalue weighted by molar-refractivity contribution is 5.50. The van der Waals surface area contributed by atoms with Crippen molar-refractivity contribution < 1.29 is 4.39 Å². The fourth-order valence-corrected chi connectivity index (χ4v) is 1.23. The number of hydrogen-bond donors (Lipinski definition) is 1. The standard InChI is InChI=1S/C10H14FN/c1-3-7-5-8(4-2)10(12)9(11)6-7/h5-6H,3-4,12H2,1-2H3. The quantitative estimate of drug-likeness (QED) is 0.673. The Morgan fingerprint density at radius 1 is 1.25 bits per heavy atom. The molecule has 0 fully saturated rings. The molecule has 0 saturated carbocycles. The number of halogens is 1. The van der Waals surface area contributed by atoms with Gasteiger partial charge in [-0.25, -0.2) is 4.39 Å². The third kappa shape index (κ3) is 1.58. The van der Waals surface area contributed by atoms with E-state index in [1.807, 2.05) is 19.9 Å². The van der Waals surface area contributed by atoms with E-state index < -0.39 is 0 Å². The summed E-state index contributed by atoms with van der Waals surface area (Å²) in [5.74, 6) is -0.286. The van der Waals surface area contributed by atoms with Crippen LogP contribution < -0.4 is 5.73 Å². The van der Waals surface area contributed by atoms with Gasteiger partial charge in [-0.2, -0.15) is 0 Å². The molecule has 0 saturated heterocycles. The first kappa shape index (κ1) is 9.04. The van der Waals surface area contributed by atoms with Crippen LogP contribution in [0, 0.1) is 5.82 Å². The van der Waals surface area contributed by atoms with Crippen LogP contribution in [0.3, 0.4) is 0 Å². The van der Waals surface area contributed by atoms with Gasteiger partial charge in [0.15, 0.2) is 0 Å². The molecule has 0 aromatic heterocycles. The monoisotopic (exact) mass is 167 g/mol. The van der Waals surface area contributed by atoms with Crippen molar-refractivity contribution in [3.8, 4) is 0 Å². The molecule has 0 atom stereocenters. The molecule has 0 aliphatic carbocycles. The van der Waals surface area contributed by atoms with E-state index in [4.69, 9.17) is 5.73 Å². The number of nitrogen functional groups attached to an aromatic ring is 1. The van der Waals surface area contributed by atoms with Crippen molar-refractivity contribution in [1.82, 2.24) is 0 Å². The van der Waals surface area contributed by atoms with E-state index in [-0.39, 0.29) is 5.82 Å². The molecule has 1 aromatic carbocycles. The minimum absolute atomic E-state index is 0.286. The molecular weight excluding hydrogens is 153 g/mol. The first-order valence-corrected chi connectivity index (χ1v) is 4.25. The Hall–Kier alpha value is -1.05. The predicted molar refractivity (Wildman–Crippen MR) is 49.6 cm³/mol. The summed E-state index contributed by atoms with van der Waals surface area (Å²) in [6.07, 6.45) is 1.64. The fourth-order valence-electron chi connectivity index (χ4n) is 1.23. The molecule has 1 aromatic rings. The maximum Gasteiger partial charge on any atom is 0.146 e. The first-order valence-electron chi connectivity index (χ1n) is 4.25. The van der Waals surface area contributed by atoms with E-state index in [0.717, 1.165) is 24.0 Å². The first-order chi connectivity index (χ1) is 5.69. The maximum atomic E-state index is 13.1. The molecule has 0 aliphatic heterocycles. The lowest BCUT2D eigenvalue weighted by molar-refractivity contribution is 0.628. The largest absolute Gasteiger partial charge is 0.396 e. The third-order valence-corrected chi connectivity index (χ3v) is 2.06. The summed E-state index contributed by atoms with van der Waals surface area (Å²) >= 11 is 0. The molecule has 1 rings (SSSR count). The Morgan fingerprint density at radius 3 is 2.42 bits per heavy atom. The molecular formula is C10H14FN. The van der Waals surface area contributed by atoms with Crippen molar-refractivity contribution in [1.29, 1.82) is 0 Å². The van der Waals surface area contributed by atoms with Crippen LogP contribution >= 0.6 is 0 Å². The van der Waals surface area contributed by atoms with Crippen molar-refractivity contribution in [3.63, 3.8) is 0 Å². The second-order valence-corrected chi connectivity index (χ2v) is 2.86. The molecule has 12 heavy (non-hydrogen) atoms. The van der Waals surface area contributed by atoms with Crippen LogP contribution in [0.15, 0.2) is 12.1 Å². The zero-order chi connectivity index (χ0) is 9.14. The van der Waals surface area contributed by atoms with Crippen LogP contribution in [-0.2, 0) is 12.8 Å². The lowest BCUT2D eigenvalue weighted by Gasteiger charge is -2.06. The van der Waals surface area contributed by atoms with Gasteiger partial charge in [0.25, 0.3) is 0 Å². The molecule has 66 valence electrons. The summed E-state index contributed by atoms with van der Waals surface area (Å²) < 4.78 is 13.1. The van der Waals surface area contributed by atoms with Crippen LogP contribution in [0.25, 0.3) is 0 Å². The van der Waals surface area contributed by atoms with E-state index in [2.05, 4.69) is 0 Å². The molecule has 0 bridgehead atoms. The maximum absolute atomic E-state index is 13.1. The van der Waals surface area contributed by atoms with E-state index >= 15 is 0 Å². The van der Waals surface area contributed by atoms with Gasteiger partial charge in [-0.05, 0) is 30.0 Å². The molecule has 1 nitrogen and oxygen atoms in total. The average Bonchev–Trinajstić information content (AvgIpc) is 2.09. The van der Waals surface area contributed by atoms with Gasteiger partial charge in [-0.15, -0.1) is 0 Å². The molecule has 0 amide bonds. The van der Waals surface area contributed by atoms with Crippen molar-refractivity contribution in [2.45, 2.75) is 26.7 Å². The van der Waals surface area contributed by atoms with Crippen LogP contribution in [0.5, 0.6) is 0 Å².